The van der Waals surface area contributed by atoms with Gasteiger partial charge >= 0.3 is 0 Å². The van der Waals surface area contributed by atoms with Crippen LogP contribution >= 0.6 is 0 Å². The molecule has 264 valence electrons. The van der Waals surface area contributed by atoms with Crippen molar-refractivity contribution in [3.05, 3.63) is 47.1 Å². The molecule has 1 unspecified atom stereocenters. The molecule has 48 heavy (non-hydrogen) atoms. The van der Waals surface area contributed by atoms with Crippen LogP contribution in [0.25, 0.3) is 0 Å². The Morgan fingerprint density at radius 1 is 1.17 bits per heavy atom. The number of likely N-dealkylation sites (tertiary alicyclic amines) is 1. The number of amides is 3. The largest absolute Gasteiger partial charge is 0.432 e. The van der Waals surface area contributed by atoms with Crippen molar-refractivity contribution in [2.75, 3.05) is 43.0 Å². The van der Waals surface area contributed by atoms with Crippen LogP contribution in [0.5, 0.6) is 0 Å². The van der Waals surface area contributed by atoms with Crippen molar-refractivity contribution in [1.29, 1.82) is 0 Å². The van der Waals surface area contributed by atoms with Crippen LogP contribution in [0.1, 0.15) is 78.2 Å². The molecular formula is C37H56N4O6Si. The van der Waals surface area contributed by atoms with Crippen LogP contribution in [0.15, 0.2) is 41.5 Å². The van der Waals surface area contributed by atoms with Crippen LogP contribution in [0, 0.1) is 11.8 Å². The maximum atomic E-state index is 14.8. The highest BCUT2D eigenvalue weighted by Crippen LogP contribution is 2.60. The number of benzene rings is 1. The van der Waals surface area contributed by atoms with Gasteiger partial charge in [-0.3, -0.25) is 14.4 Å². The lowest BCUT2D eigenvalue weighted by atomic mass is 9.82. The van der Waals surface area contributed by atoms with Gasteiger partial charge in [0.15, 0.2) is 13.9 Å². The number of hydrogen-bond donors (Lipinski definition) is 4. The third-order valence-electron chi connectivity index (χ3n) is 10.9. The molecule has 11 heteroatoms. The molecule has 4 aliphatic rings. The number of aliphatic hydroxyl groups excluding tert-OH is 1. The van der Waals surface area contributed by atoms with Crippen LogP contribution in [-0.2, 0) is 24.7 Å². The second-order valence-corrected chi connectivity index (χ2v) is 19.2. The fourth-order valence-electron chi connectivity index (χ4n) is 8.44. The van der Waals surface area contributed by atoms with E-state index < -0.39 is 31.5 Å². The van der Waals surface area contributed by atoms with E-state index in [9.17, 15) is 24.3 Å². The van der Waals surface area contributed by atoms with Gasteiger partial charge in [0, 0.05) is 42.3 Å². The number of allylic oxidation sites excluding steroid dienone is 3. The summed E-state index contributed by atoms with van der Waals surface area (Å²) in [5.74, 6) is -0.937. The number of carbonyl (C=O) groups excluding carboxylic acids is 3. The van der Waals surface area contributed by atoms with Gasteiger partial charge in [0.25, 0.3) is 5.91 Å². The van der Waals surface area contributed by atoms with Crippen molar-refractivity contribution in [3.8, 4) is 0 Å². The molecule has 4 N–H and O–H groups in total. The maximum Gasteiger partial charge on any atom is 0.264 e. The van der Waals surface area contributed by atoms with Crippen LogP contribution in [0.4, 0.5) is 11.4 Å². The van der Waals surface area contributed by atoms with E-state index in [0.717, 1.165) is 50.8 Å². The topological polar surface area (TPSA) is 131 Å². The molecule has 0 saturated carbocycles. The van der Waals surface area contributed by atoms with Gasteiger partial charge in [-0.15, -0.1) is 0 Å². The lowest BCUT2D eigenvalue weighted by Crippen LogP contribution is -2.46. The molecule has 3 fully saturated rings. The Kier molecular flexibility index (Phi) is 11.4. The van der Waals surface area contributed by atoms with E-state index in [1.165, 1.54) is 11.1 Å². The first-order valence-electron chi connectivity index (χ1n) is 17.9. The molecule has 1 spiro atoms. The first-order chi connectivity index (χ1) is 22.8. The molecule has 0 aromatic heterocycles. The smallest absolute Gasteiger partial charge is 0.264 e. The molecule has 0 bridgehead atoms. The van der Waals surface area contributed by atoms with Crippen molar-refractivity contribution in [2.24, 2.45) is 11.8 Å². The molecule has 1 aromatic carbocycles. The molecule has 1 aromatic rings. The lowest BCUT2D eigenvalue weighted by Gasteiger charge is -2.33. The Morgan fingerprint density at radius 3 is 2.60 bits per heavy atom. The minimum Gasteiger partial charge on any atom is -0.432 e. The lowest BCUT2D eigenvalue weighted by molar-refractivity contribution is -0.149. The number of carbonyl (C=O) groups is 3. The van der Waals surface area contributed by atoms with E-state index in [1.807, 2.05) is 38.2 Å². The molecule has 0 aliphatic carbocycles. The van der Waals surface area contributed by atoms with Crippen LogP contribution in [-0.4, -0.2) is 85.8 Å². The minimum absolute atomic E-state index is 0.0291. The molecule has 3 saturated heterocycles. The summed E-state index contributed by atoms with van der Waals surface area (Å²) in [7, 11) is -2.98. The van der Waals surface area contributed by atoms with Crippen molar-refractivity contribution in [1.82, 2.24) is 10.2 Å². The monoisotopic (exact) mass is 680 g/mol. The van der Waals surface area contributed by atoms with Gasteiger partial charge in [-0.05, 0) is 97.1 Å². The molecule has 5 rings (SSSR count). The average Bonchev–Trinajstić information content (AvgIpc) is 3.70. The summed E-state index contributed by atoms with van der Waals surface area (Å²) in [6, 6.07) is 5.40. The second-order valence-electron chi connectivity index (χ2n) is 15.2. The predicted octanol–water partition coefficient (Wildman–Crippen LogP) is 4.84. The number of hydrogen-bond acceptors (Lipinski definition) is 7. The number of ether oxygens (including phenoxy) is 1. The van der Waals surface area contributed by atoms with Gasteiger partial charge in [-0.25, -0.2) is 0 Å². The summed E-state index contributed by atoms with van der Waals surface area (Å²) in [5.41, 5.74) is 2.63. The Bertz CT molecular complexity index is 1430. The van der Waals surface area contributed by atoms with Crippen molar-refractivity contribution in [2.45, 2.75) is 109 Å². The number of aliphatic hydroxyl groups is 1. The number of nitrogens with one attached hydrogen (secondary N) is 2. The van der Waals surface area contributed by atoms with Gasteiger partial charge in [-0.2, -0.15) is 0 Å². The second kappa shape index (κ2) is 15.0. The molecule has 4 aliphatic heterocycles. The summed E-state index contributed by atoms with van der Waals surface area (Å²) < 4.78 is 6.93. The van der Waals surface area contributed by atoms with E-state index in [1.54, 1.807) is 9.80 Å². The number of fused-ring (bicyclic) bond motifs is 2. The zero-order valence-electron chi connectivity index (χ0n) is 29.7. The normalized spacial score (nSPS) is 29.0. The van der Waals surface area contributed by atoms with Gasteiger partial charge in [-0.1, -0.05) is 30.2 Å². The summed E-state index contributed by atoms with van der Waals surface area (Å²) in [5, 5.41) is 16.3. The van der Waals surface area contributed by atoms with Crippen LogP contribution in [0.3, 0.4) is 0 Å². The fourth-order valence-corrected chi connectivity index (χ4v) is 11.0. The Morgan fingerprint density at radius 2 is 1.94 bits per heavy atom. The third-order valence-corrected chi connectivity index (χ3v) is 13.4. The van der Waals surface area contributed by atoms with Gasteiger partial charge < -0.3 is 35.1 Å². The zero-order chi connectivity index (χ0) is 34.8. The maximum absolute atomic E-state index is 14.8. The first kappa shape index (κ1) is 36.4. The molecule has 3 amide bonds. The van der Waals surface area contributed by atoms with Crippen molar-refractivity contribution >= 4 is 37.4 Å². The highest BCUT2D eigenvalue weighted by atomic mass is 28.4. The van der Waals surface area contributed by atoms with Gasteiger partial charge in [0.05, 0.1) is 36.8 Å². The van der Waals surface area contributed by atoms with E-state index in [0.29, 0.717) is 30.9 Å². The van der Waals surface area contributed by atoms with Crippen LogP contribution < -0.4 is 15.5 Å². The SMILES string of the molecule is CC(C)=CCC/C(C)=C/CN1C(=O)[C@]2(O[C@H](CC(=O)N3CCC[C@H]3CO)[C@@H]([Si](C)(C)O)[C@@H]2C)c2cc(NC(=O)C3CCCNC3)ccc21. The minimum atomic E-state index is -2.98. The van der Waals surface area contributed by atoms with Gasteiger partial charge in [0.1, 0.15) is 0 Å². The summed E-state index contributed by atoms with van der Waals surface area (Å²) in [6.07, 6.45) is 8.83. The Labute approximate surface area is 287 Å². The van der Waals surface area contributed by atoms with Crippen molar-refractivity contribution in [3.63, 3.8) is 0 Å². The molecule has 6 atom stereocenters. The highest BCUT2D eigenvalue weighted by Gasteiger charge is 2.66. The van der Waals surface area contributed by atoms with E-state index in [2.05, 4.69) is 43.6 Å². The summed E-state index contributed by atoms with van der Waals surface area (Å²) in [6.45, 7) is 14.3. The van der Waals surface area contributed by atoms with Crippen molar-refractivity contribution < 1.29 is 29.0 Å². The average molecular weight is 681 g/mol. The number of anilines is 2. The third kappa shape index (κ3) is 7.35. The van der Waals surface area contributed by atoms with Crippen LogP contribution in [0.2, 0.25) is 18.6 Å². The van der Waals surface area contributed by atoms with E-state index in [4.69, 9.17) is 4.74 Å². The Hall–Kier alpha value is -2.83. The molecule has 0 radical (unpaired) electrons. The van der Waals surface area contributed by atoms with Gasteiger partial charge in [0.2, 0.25) is 11.8 Å². The Balaban J connectivity index is 1.51. The fraction of sp³-hybridized carbons (Fsp3) is 0.649. The summed E-state index contributed by atoms with van der Waals surface area (Å²) in [4.78, 5) is 56.9. The number of rotatable bonds is 11. The number of piperidine rings is 1. The summed E-state index contributed by atoms with van der Waals surface area (Å²) >= 11 is 0. The first-order valence-corrected chi connectivity index (χ1v) is 20.9. The zero-order valence-corrected chi connectivity index (χ0v) is 30.7. The van der Waals surface area contributed by atoms with E-state index in [-0.39, 0.29) is 42.7 Å². The molecule has 10 nitrogen and oxygen atoms in total. The van der Waals surface area contributed by atoms with E-state index >= 15 is 0 Å². The molecule has 4 heterocycles. The number of nitrogens with zero attached hydrogens (tertiary/aromatic N) is 2. The molecular weight excluding hydrogens is 625 g/mol. The quantitative estimate of drug-likeness (QED) is 0.195. The standard InChI is InChI=1S/C37H56N4O6Si/c1-24(2)10-7-11-25(3)16-19-41-31-15-14-28(39-35(44)27-12-8-17-38-22-27)20-30(31)37(36(41)45)26(4)34(48(5,6)46)32(47-37)21-33(43)40-18-9-13-29(40)23-42/h10,14-16,20,26-27,29,32,34,38,42,46H,7-9,11-13,17-19,21-23H2,1-6H3,(H,39,44)/b25-16+/t26-,27?,29-,32+,34-,37+/m0/s1. The predicted molar refractivity (Wildman–Crippen MR) is 191 cm³/mol. The highest BCUT2D eigenvalue weighted by molar-refractivity contribution is 6.71.